The first-order valence-electron chi connectivity index (χ1n) is 10.1. The first-order valence-corrected chi connectivity index (χ1v) is 11.6. The maximum Gasteiger partial charge on any atom is 0.261 e. The van der Waals surface area contributed by atoms with Crippen LogP contribution in [0.2, 0.25) is 0 Å². The normalized spacial score (nSPS) is 10.9. The van der Waals surface area contributed by atoms with Gasteiger partial charge in [-0.05, 0) is 67.1 Å². The van der Waals surface area contributed by atoms with Crippen molar-refractivity contribution in [1.82, 2.24) is 4.90 Å². The van der Waals surface area contributed by atoms with Crippen LogP contribution in [0.5, 0.6) is 11.5 Å². The van der Waals surface area contributed by atoms with Gasteiger partial charge in [0.25, 0.3) is 15.9 Å². The summed E-state index contributed by atoms with van der Waals surface area (Å²) >= 11 is 0. The molecule has 3 rings (SSSR count). The molecule has 32 heavy (non-hydrogen) atoms. The molecule has 0 saturated carbocycles. The summed E-state index contributed by atoms with van der Waals surface area (Å²) in [5.74, 6) is 1.24. The molecule has 0 aliphatic carbocycles. The fourth-order valence-corrected chi connectivity index (χ4v) is 4.04. The zero-order valence-corrected chi connectivity index (χ0v) is 18.8. The van der Waals surface area contributed by atoms with Crippen LogP contribution in [0.4, 0.5) is 5.69 Å². The van der Waals surface area contributed by atoms with Crippen molar-refractivity contribution in [1.29, 1.82) is 0 Å². The molecule has 0 unspecified atom stereocenters. The van der Waals surface area contributed by atoms with Crippen molar-refractivity contribution in [3.8, 4) is 11.5 Å². The van der Waals surface area contributed by atoms with Gasteiger partial charge in [0.2, 0.25) is 0 Å². The van der Waals surface area contributed by atoms with Gasteiger partial charge in [0.15, 0.2) is 0 Å². The van der Waals surface area contributed by atoms with Crippen LogP contribution in [0.1, 0.15) is 16.8 Å². The van der Waals surface area contributed by atoms with Crippen LogP contribution in [0, 0.1) is 0 Å². The molecule has 0 bridgehead atoms. The molecule has 0 spiro atoms. The van der Waals surface area contributed by atoms with Gasteiger partial charge in [-0.2, -0.15) is 0 Å². The van der Waals surface area contributed by atoms with Crippen LogP contribution in [0.3, 0.4) is 0 Å². The van der Waals surface area contributed by atoms with Crippen LogP contribution in [-0.2, 0) is 10.0 Å². The van der Waals surface area contributed by atoms with Gasteiger partial charge >= 0.3 is 0 Å². The Kier molecular flexibility index (Phi) is 7.72. The zero-order chi connectivity index (χ0) is 23.0. The number of methoxy groups -OCH3 is 1. The van der Waals surface area contributed by atoms with Gasteiger partial charge in [-0.1, -0.05) is 18.2 Å². The lowest BCUT2D eigenvalue weighted by Crippen LogP contribution is -2.28. The Balaban J connectivity index is 1.54. The van der Waals surface area contributed by atoms with Crippen molar-refractivity contribution in [2.75, 3.05) is 32.0 Å². The molecule has 1 amide bonds. The monoisotopic (exact) mass is 454 g/mol. The van der Waals surface area contributed by atoms with Crippen LogP contribution >= 0.6 is 0 Å². The Bertz CT molecular complexity index is 1120. The topological polar surface area (TPSA) is 84.9 Å². The second-order valence-corrected chi connectivity index (χ2v) is 8.78. The lowest BCUT2D eigenvalue weighted by molar-refractivity contribution is 0.0787. The number of hydrogen-bond donors (Lipinski definition) is 1. The van der Waals surface area contributed by atoms with Crippen LogP contribution in [0.15, 0.2) is 83.8 Å². The summed E-state index contributed by atoms with van der Waals surface area (Å²) in [6.45, 7) is 1.01. The molecule has 8 heteroatoms. The van der Waals surface area contributed by atoms with Crippen molar-refractivity contribution >= 4 is 21.6 Å². The van der Waals surface area contributed by atoms with Crippen molar-refractivity contribution in [2.24, 2.45) is 0 Å². The summed E-state index contributed by atoms with van der Waals surface area (Å²) in [4.78, 5) is 14.3. The first-order chi connectivity index (χ1) is 15.4. The lowest BCUT2D eigenvalue weighted by atomic mass is 10.2. The number of nitrogens with zero attached hydrogens (tertiary/aromatic N) is 1. The van der Waals surface area contributed by atoms with E-state index in [2.05, 4.69) is 4.72 Å². The van der Waals surface area contributed by atoms with E-state index in [1.54, 1.807) is 36.2 Å². The number of amides is 1. The molecule has 3 aromatic carbocycles. The van der Waals surface area contributed by atoms with Gasteiger partial charge in [-0.3, -0.25) is 9.52 Å². The van der Waals surface area contributed by atoms with Gasteiger partial charge in [0.05, 0.1) is 18.6 Å². The molecule has 168 valence electrons. The number of hydrogen-bond acceptors (Lipinski definition) is 5. The molecule has 0 saturated heterocycles. The minimum Gasteiger partial charge on any atom is -0.497 e. The van der Waals surface area contributed by atoms with Crippen molar-refractivity contribution in [3.05, 3.63) is 84.4 Å². The third-order valence-electron chi connectivity index (χ3n) is 4.75. The Morgan fingerprint density at radius 2 is 1.56 bits per heavy atom. The molecule has 0 radical (unpaired) electrons. The highest BCUT2D eigenvalue weighted by molar-refractivity contribution is 7.92. The standard InChI is InChI=1S/C24H26N2O5S/c1-26(17-6-18-31-22-7-4-3-5-8-22)24(27)19-9-15-23(16-10-19)32(28,29)25-20-11-13-21(30-2)14-12-20/h3-5,7-16,25H,6,17-18H2,1-2H3. The third kappa shape index (κ3) is 6.24. The molecule has 0 aromatic heterocycles. The van der Waals surface area contributed by atoms with E-state index in [-0.39, 0.29) is 10.8 Å². The van der Waals surface area contributed by atoms with E-state index in [9.17, 15) is 13.2 Å². The molecule has 3 aromatic rings. The van der Waals surface area contributed by atoms with E-state index in [4.69, 9.17) is 9.47 Å². The van der Waals surface area contributed by atoms with Gasteiger partial charge in [0.1, 0.15) is 11.5 Å². The largest absolute Gasteiger partial charge is 0.497 e. The summed E-state index contributed by atoms with van der Waals surface area (Å²) in [6, 6.07) is 21.9. The lowest BCUT2D eigenvalue weighted by Gasteiger charge is -2.17. The predicted molar refractivity (Wildman–Crippen MR) is 124 cm³/mol. The van der Waals surface area contributed by atoms with Gasteiger partial charge in [-0.15, -0.1) is 0 Å². The average molecular weight is 455 g/mol. The number of rotatable bonds is 10. The SMILES string of the molecule is COc1ccc(NS(=O)(=O)c2ccc(C(=O)N(C)CCCOc3ccccc3)cc2)cc1. The zero-order valence-electron chi connectivity index (χ0n) is 18.0. The highest BCUT2D eigenvalue weighted by Crippen LogP contribution is 2.20. The van der Waals surface area contributed by atoms with Crippen LogP contribution < -0.4 is 14.2 Å². The van der Waals surface area contributed by atoms with E-state index in [0.717, 1.165) is 5.75 Å². The Morgan fingerprint density at radius 1 is 0.906 bits per heavy atom. The maximum absolute atomic E-state index is 12.6. The number of nitrogens with one attached hydrogen (secondary N) is 1. The van der Waals surface area contributed by atoms with E-state index in [0.29, 0.717) is 36.6 Å². The van der Waals surface area contributed by atoms with E-state index >= 15 is 0 Å². The maximum atomic E-state index is 12.6. The second-order valence-electron chi connectivity index (χ2n) is 7.10. The number of carbonyl (C=O) groups excluding carboxylic acids is 1. The fourth-order valence-electron chi connectivity index (χ4n) is 2.98. The highest BCUT2D eigenvalue weighted by atomic mass is 32.2. The fraction of sp³-hybridized carbons (Fsp3) is 0.208. The predicted octanol–water partition coefficient (Wildman–Crippen LogP) is 4.04. The molecule has 0 fully saturated rings. The number of sulfonamides is 1. The van der Waals surface area contributed by atoms with E-state index < -0.39 is 10.0 Å². The number of para-hydroxylation sites is 1. The average Bonchev–Trinajstić information content (AvgIpc) is 2.82. The molecular weight excluding hydrogens is 428 g/mol. The number of ether oxygens (including phenoxy) is 2. The van der Waals surface area contributed by atoms with Crippen LogP contribution in [-0.4, -0.2) is 46.5 Å². The molecule has 0 aliphatic heterocycles. The Hall–Kier alpha value is -3.52. The van der Waals surface area contributed by atoms with Gasteiger partial charge in [0, 0.05) is 24.8 Å². The third-order valence-corrected chi connectivity index (χ3v) is 6.15. The Labute approximate surface area is 188 Å². The molecule has 0 heterocycles. The minimum absolute atomic E-state index is 0.0729. The van der Waals surface area contributed by atoms with Crippen molar-refractivity contribution in [3.63, 3.8) is 0 Å². The van der Waals surface area contributed by atoms with Crippen molar-refractivity contribution < 1.29 is 22.7 Å². The summed E-state index contributed by atoms with van der Waals surface area (Å²) in [7, 11) is -0.523. The molecule has 1 N–H and O–H groups in total. The number of carbonyl (C=O) groups is 1. The molecule has 0 atom stereocenters. The number of anilines is 1. The smallest absolute Gasteiger partial charge is 0.261 e. The second kappa shape index (κ2) is 10.7. The van der Waals surface area contributed by atoms with Crippen molar-refractivity contribution in [2.45, 2.75) is 11.3 Å². The van der Waals surface area contributed by atoms with Gasteiger partial charge < -0.3 is 14.4 Å². The minimum atomic E-state index is -3.77. The molecular formula is C24H26N2O5S. The highest BCUT2D eigenvalue weighted by Gasteiger charge is 2.17. The Morgan fingerprint density at radius 3 is 2.19 bits per heavy atom. The van der Waals surface area contributed by atoms with Crippen LogP contribution in [0.25, 0.3) is 0 Å². The summed E-state index contributed by atoms with van der Waals surface area (Å²) in [5, 5.41) is 0. The van der Waals surface area contributed by atoms with E-state index in [1.165, 1.54) is 31.4 Å². The first kappa shape index (κ1) is 23.1. The summed E-state index contributed by atoms with van der Waals surface area (Å²) < 4.78 is 38.4. The molecule has 0 aliphatic rings. The number of benzene rings is 3. The molecule has 7 nitrogen and oxygen atoms in total. The quantitative estimate of drug-likeness (QED) is 0.468. The summed E-state index contributed by atoms with van der Waals surface area (Å²) in [5.41, 5.74) is 0.836. The van der Waals surface area contributed by atoms with Gasteiger partial charge in [-0.25, -0.2) is 8.42 Å². The summed E-state index contributed by atoms with van der Waals surface area (Å²) in [6.07, 6.45) is 0.676. The van der Waals surface area contributed by atoms with E-state index in [1.807, 2.05) is 30.3 Å².